The van der Waals surface area contributed by atoms with E-state index in [1.54, 1.807) is 4.90 Å². The van der Waals surface area contributed by atoms with Crippen LogP contribution in [0.5, 0.6) is 0 Å². The first kappa shape index (κ1) is 14.8. The third-order valence-electron chi connectivity index (χ3n) is 4.88. The number of aryl methyl sites for hydroxylation is 1. The van der Waals surface area contributed by atoms with Crippen molar-refractivity contribution in [1.82, 2.24) is 15.3 Å². The molecule has 3 aliphatic rings. The Morgan fingerprint density at radius 2 is 2.17 bits per heavy atom. The van der Waals surface area contributed by atoms with Crippen molar-refractivity contribution in [2.24, 2.45) is 0 Å². The SMILES string of the molecule is Cc1cc(N2CC3(CCOCC3)OC2=O)nc(C2CCCN2)n1. The van der Waals surface area contributed by atoms with Gasteiger partial charge in [0.2, 0.25) is 0 Å². The highest BCUT2D eigenvalue weighted by atomic mass is 16.6. The Bertz CT molecular complexity index is 609. The largest absolute Gasteiger partial charge is 0.440 e. The quantitative estimate of drug-likeness (QED) is 0.894. The molecule has 0 bridgehead atoms. The van der Waals surface area contributed by atoms with Gasteiger partial charge in [-0.25, -0.2) is 14.8 Å². The highest BCUT2D eigenvalue weighted by Crippen LogP contribution is 2.35. The summed E-state index contributed by atoms with van der Waals surface area (Å²) in [6.45, 7) is 4.76. The van der Waals surface area contributed by atoms with Crippen LogP contribution in [-0.2, 0) is 9.47 Å². The van der Waals surface area contributed by atoms with Crippen LogP contribution in [0.4, 0.5) is 10.6 Å². The number of ether oxygens (including phenoxy) is 2. The zero-order valence-electron chi connectivity index (χ0n) is 13.4. The van der Waals surface area contributed by atoms with Gasteiger partial charge in [-0.3, -0.25) is 4.90 Å². The molecular weight excluding hydrogens is 296 g/mol. The fourth-order valence-electron chi connectivity index (χ4n) is 3.58. The molecule has 1 aromatic heterocycles. The van der Waals surface area contributed by atoms with Gasteiger partial charge >= 0.3 is 6.09 Å². The van der Waals surface area contributed by atoms with E-state index < -0.39 is 5.60 Å². The summed E-state index contributed by atoms with van der Waals surface area (Å²) < 4.78 is 11.1. The maximum atomic E-state index is 12.4. The number of hydrogen-bond donors (Lipinski definition) is 1. The van der Waals surface area contributed by atoms with Crippen molar-refractivity contribution in [2.45, 2.75) is 44.2 Å². The molecule has 0 saturated carbocycles. The van der Waals surface area contributed by atoms with Crippen molar-refractivity contribution < 1.29 is 14.3 Å². The molecule has 124 valence electrons. The first-order chi connectivity index (χ1) is 11.2. The molecule has 4 heterocycles. The van der Waals surface area contributed by atoms with Crippen molar-refractivity contribution in [1.29, 1.82) is 0 Å². The molecular formula is C16H22N4O3. The molecule has 3 fully saturated rings. The van der Waals surface area contributed by atoms with Crippen molar-refractivity contribution >= 4 is 11.9 Å². The van der Waals surface area contributed by atoms with Crippen molar-refractivity contribution in [3.8, 4) is 0 Å². The second-order valence-electron chi connectivity index (χ2n) is 6.62. The molecule has 1 unspecified atom stereocenters. The molecule has 1 atom stereocenters. The van der Waals surface area contributed by atoms with Crippen molar-refractivity contribution in [2.75, 3.05) is 31.2 Å². The number of carbonyl (C=O) groups excluding carboxylic acids is 1. The lowest BCUT2D eigenvalue weighted by atomic mass is 9.94. The standard InChI is InChI=1S/C16H22N4O3/c1-11-9-13(19-14(18-11)12-3-2-6-17-12)20-10-16(23-15(20)21)4-7-22-8-5-16/h9,12,17H,2-8,10H2,1H3. The Morgan fingerprint density at radius 3 is 2.91 bits per heavy atom. The normalized spacial score (nSPS) is 26.7. The van der Waals surface area contributed by atoms with Gasteiger partial charge in [0.25, 0.3) is 0 Å². The van der Waals surface area contributed by atoms with Crippen molar-refractivity contribution in [3.63, 3.8) is 0 Å². The summed E-state index contributed by atoms with van der Waals surface area (Å²) in [5.41, 5.74) is 0.458. The minimum atomic E-state index is -0.417. The molecule has 3 saturated heterocycles. The Hall–Kier alpha value is -1.73. The summed E-state index contributed by atoms with van der Waals surface area (Å²) in [5.74, 6) is 1.42. The predicted molar refractivity (Wildman–Crippen MR) is 83.4 cm³/mol. The van der Waals surface area contributed by atoms with Crippen LogP contribution in [0.25, 0.3) is 0 Å². The molecule has 7 nitrogen and oxygen atoms in total. The topological polar surface area (TPSA) is 76.6 Å². The minimum absolute atomic E-state index is 0.185. The first-order valence-corrected chi connectivity index (χ1v) is 8.32. The van der Waals surface area contributed by atoms with E-state index in [0.717, 1.165) is 43.7 Å². The van der Waals surface area contributed by atoms with Crippen LogP contribution in [0.2, 0.25) is 0 Å². The number of hydrogen-bond acceptors (Lipinski definition) is 6. The zero-order valence-corrected chi connectivity index (χ0v) is 13.4. The maximum Gasteiger partial charge on any atom is 0.416 e. The summed E-state index contributed by atoms with van der Waals surface area (Å²) in [5, 5.41) is 3.41. The number of rotatable bonds is 2. The van der Waals surface area contributed by atoms with Gasteiger partial charge in [-0.05, 0) is 26.3 Å². The number of anilines is 1. The van der Waals surface area contributed by atoms with Crippen LogP contribution >= 0.6 is 0 Å². The summed E-state index contributed by atoms with van der Waals surface area (Å²) in [7, 11) is 0. The molecule has 4 rings (SSSR count). The smallest absolute Gasteiger partial charge is 0.416 e. The first-order valence-electron chi connectivity index (χ1n) is 8.32. The molecule has 0 radical (unpaired) electrons. The number of amides is 1. The van der Waals surface area contributed by atoms with E-state index in [4.69, 9.17) is 9.47 Å². The fraction of sp³-hybridized carbons (Fsp3) is 0.688. The average Bonchev–Trinajstić information content (AvgIpc) is 3.16. The summed E-state index contributed by atoms with van der Waals surface area (Å²) in [4.78, 5) is 23.2. The molecule has 0 aliphatic carbocycles. The fourth-order valence-corrected chi connectivity index (χ4v) is 3.58. The third-order valence-corrected chi connectivity index (χ3v) is 4.88. The Morgan fingerprint density at radius 1 is 1.35 bits per heavy atom. The molecule has 0 aromatic carbocycles. The third kappa shape index (κ3) is 2.79. The van der Waals surface area contributed by atoms with Gasteiger partial charge in [-0.15, -0.1) is 0 Å². The van der Waals surface area contributed by atoms with Crippen LogP contribution in [0, 0.1) is 6.92 Å². The Labute approximate surface area is 135 Å². The van der Waals surface area contributed by atoms with E-state index in [1.807, 2.05) is 13.0 Å². The molecule has 1 N–H and O–H groups in total. The lowest BCUT2D eigenvalue weighted by Gasteiger charge is -2.30. The number of aromatic nitrogens is 2. The van der Waals surface area contributed by atoms with Crippen LogP contribution in [0.15, 0.2) is 6.07 Å². The summed E-state index contributed by atoms with van der Waals surface area (Å²) in [6, 6.07) is 2.04. The van der Waals surface area contributed by atoms with Crippen LogP contribution in [0.1, 0.15) is 43.2 Å². The zero-order chi connectivity index (χ0) is 15.9. The minimum Gasteiger partial charge on any atom is -0.440 e. The Kier molecular flexibility index (Phi) is 3.69. The van der Waals surface area contributed by atoms with E-state index in [2.05, 4.69) is 15.3 Å². The second-order valence-corrected chi connectivity index (χ2v) is 6.62. The number of carbonyl (C=O) groups is 1. The van der Waals surface area contributed by atoms with Crippen LogP contribution in [-0.4, -0.2) is 48.0 Å². The Balaban J connectivity index is 1.61. The monoisotopic (exact) mass is 318 g/mol. The van der Waals surface area contributed by atoms with Gasteiger partial charge in [0.05, 0.1) is 25.8 Å². The highest BCUT2D eigenvalue weighted by Gasteiger charge is 2.47. The van der Waals surface area contributed by atoms with Crippen molar-refractivity contribution in [3.05, 3.63) is 17.6 Å². The van der Waals surface area contributed by atoms with Gasteiger partial charge in [0.15, 0.2) is 0 Å². The number of nitrogens with one attached hydrogen (secondary N) is 1. The van der Waals surface area contributed by atoms with Crippen LogP contribution in [0.3, 0.4) is 0 Å². The van der Waals surface area contributed by atoms with Gasteiger partial charge in [0, 0.05) is 24.6 Å². The molecule has 1 amide bonds. The van der Waals surface area contributed by atoms with E-state index in [0.29, 0.717) is 25.6 Å². The van der Waals surface area contributed by atoms with Gasteiger partial charge < -0.3 is 14.8 Å². The van der Waals surface area contributed by atoms with Gasteiger partial charge in [-0.2, -0.15) is 0 Å². The molecule has 23 heavy (non-hydrogen) atoms. The van der Waals surface area contributed by atoms with E-state index in [1.165, 1.54) is 0 Å². The maximum absolute atomic E-state index is 12.4. The molecule has 1 aromatic rings. The number of nitrogens with zero attached hydrogens (tertiary/aromatic N) is 3. The lowest BCUT2D eigenvalue weighted by Crippen LogP contribution is -2.40. The lowest BCUT2D eigenvalue weighted by molar-refractivity contribution is -0.0431. The second kappa shape index (κ2) is 5.72. The van der Waals surface area contributed by atoms with E-state index in [9.17, 15) is 4.79 Å². The predicted octanol–water partition coefficient (Wildman–Crippen LogP) is 1.72. The van der Waals surface area contributed by atoms with E-state index >= 15 is 0 Å². The van der Waals surface area contributed by atoms with Gasteiger partial charge in [0.1, 0.15) is 17.2 Å². The van der Waals surface area contributed by atoms with Gasteiger partial charge in [-0.1, -0.05) is 0 Å². The molecule has 7 heteroatoms. The molecule has 3 aliphatic heterocycles. The average molecular weight is 318 g/mol. The van der Waals surface area contributed by atoms with Crippen LogP contribution < -0.4 is 10.2 Å². The highest BCUT2D eigenvalue weighted by molar-refractivity contribution is 5.89. The summed E-state index contributed by atoms with van der Waals surface area (Å²) >= 11 is 0. The molecule has 1 spiro atoms. The van der Waals surface area contributed by atoms with E-state index in [-0.39, 0.29) is 12.1 Å². The summed E-state index contributed by atoms with van der Waals surface area (Å²) in [6.07, 6.45) is 3.35.